The molecule has 3 unspecified atom stereocenters. The number of methoxy groups -OCH3 is 1. The van der Waals surface area contributed by atoms with Crippen molar-refractivity contribution in [3.8, 4) is 0 Å². The van der Waals surface area contributed by atoms with Crippen molar-refractivity contribution >= 4 is 0 Å². The normalized spacial score (nSPS) is 70.2. The highest BCUT2D eigenvalue weighted by Gasteiger charge is 2.88. The Balaban J connectivity index is 1.71. The zero-order valence-electron chi connectivity index (χ0n) is 9.12. The number of ether oxygens (including phenoxy) is 6. The van der Waals surface area contributed by atoms with E-state index in [9.17, 15) is 5.11 Å². The van der Waals surface area contributed by atoms with Gasteiger partial charge < -0.3 is 33.5 Å². The molecule has 4 bridgehead atoms. The molecule has 7 heteroatoms. The Morgan fingerprint density at radius 1 is 1.00 bits per heavy atom. The van der Waals surface area contributed by atoms with E-state index in [1.807, 2.05) is 0 Å². The van der Waals surface area contributed by atoms with Crippen molar-refractivity contribution in [2.24, 2.45) is 0 Å². The second-order valence-electron chi connectivity index (χ2n) is 5.28. The van der Waals surface area contributed by atoms with Crippen LogP contribution in [0.5, 0.6) is 0 Å². The molecule has 1 saturated carbocycles. The fraction of sp³-hybridized carbons (Fsp3) is 1.00. The van der Waals surface area contributed by atoms with Crippen LogP contribution in [0.3, 0.4) is 0 Å². The second-order valence-corrected chi connectivity index (χ2v) is 5.28. The van der Waals surface area contributed by atoms with Gasteiger partial charge in [0.15, 0.2) is 23.4 Å². The van der Waals surface area contributed by atoms with Gasteiger partial charge in [0.1, 0.15) is 6.10 Å². The summed E-state index contributed by atoms with van der Waals surface area (Å²) in [5.41, 5.74) is -1.28. The van der Waals surface area contributed by atoms with E-state index < -0.39 is 35.7 Å². The molecule has 17 heavy (non-hydrogen) atoms. The molecule has 6 rings (SSSR count). The molecule has 5 aliphatic heterocycles. The quantitative estimate of drug-likeness (QED) is 0.436. The maximum absolute atomic E-state index is 10.7. The summed E-state index contributed by atoms with van der Waals surface area (Å²) >= 11 is 0. The van der Waals surface area contributed by atoms with Crippen LogP contribution in [0.1, 0.15) is 0 Å². The average Bonchev–Trinajstić information content (AvgIpc) is 3.22. The van der Waals surface area contributed by atoms with E-state index in [0.29, 0.717) is 13.2 Å². The smallest absolute Gasteiger partial charge is 0.273 e. The van der Waals surface area contributed by atoms with Crippen LogP contribution in [0, 0.1) is 0 Å². The molecule has 7 atom stereocenters. The SMILES string of the molecule is COC1(O)[C@H]2OC3OC([C@]24CO4)[C@]2(CO2)[C@H]1O3. The van der Waals surface area contributed by atoms with E-state index in [1.54, 1.807) is 0 Å². The predicted octanol–water partition coefficient (Wildman–Crippen LogP) is -1.66. The van der Waals surface area contributed by atoms with E-state index in [1.165, 1.54) is 7.11 Å². The zero-order valence-corrected chi connectivity index (χ0v) is 9.12. The number of epoxide rings is 2. The first kappa shape index (κ1) is 9.62. The number of rotatable bonds is 1. The summed E-state index contributed by atoms with van der Waals surface area (Å²) in [6.45, 7) is 0.215. The van der Waals surface area contributed by atoms with Gasteiger partial charge in [-0.15, -0.1) is 0 Å². The van der Waals surface area contributed by atoms with Gasteiger partial charge in [-0.2, -0.15) is 0 Å². The van der Waals surface area contributed by atoms with Crippen molar-refractivity contribution < 1.29 is 33.5 Å². The molecule has 0 aromatic carbocycles. The minimum absolute atomic E-state index is 0.243. The van der Waals surface area contributed by atoms with Gasteiger partial charge >= 0.3 is 0 Å². The molecule has 94 valence electrons. The summed E-state index contributed by atoms with van der Waals surface area (Å²) < 4.78 is 33.0. The van der Waals surface area contributed by atoms with Gasteiger partial charge in [-0.3, -0.25) is 0 Å². The molecule has 0 aromatic rings. The standard InChI is InChI=1S/C10H12O7/c1-12-10(11)5-8(2-13-8)4-9(3-14-9)6(10)17-7(15-4)16-5/h4-7,11H,2-3H2,1H3/t4?,5-,6+,7?,8-,9-,10?/m1/s1. The molecule has 1 aliphatic carbocycles. The van der Waals surface area contributed by atoms with Crippen LogP contribution in [-0.2, 0) is 28.4 Å². The number of aliphatic hydroxyl groups is 1. The molecule has 7 nitrogen and oxygen atoms in total. The van der Waals surface area contributed by atoms with E-state index in [0.717, 1.165) is 0 Å². The first-order valence-corrected chi connectivity index (χ1v) is 5.67. The lowest BCUT2D eigenvalue weighted by Gasteiger charge is -2.60. The van der Waals surface area contributed by atoms with Gasteiger partial charge in [0.2, 0.25) is 5.79 Å². The third-order valence-corrected chi connectivity index (χ3v) is 4.55. The molecule has 1 N–H and O–H groups in total. The molecule has 6 aliphatic rings. The molecule has 5 saturated heterocycles. The van der Waals surface area contributed by atoms with E-state index in [4.69, 9.17) is 28.4 Å². The second kappa shape index (κ2) is 2.39. The Labute approximate surface area is 96.5 Å². The predicted molar refractivity (Wildman–Crippen MR) is 47.7 cm³/mol. The topological polar surface area (TPSA) is 82.2 Å². The van der Waals surface area contributed by atoms with Crippen LogP contribution in [0.2, 0.25) is 0 Å². The Morgan fingerprint density at radius 2 is 1.47 bits per heavy atom. The fourth-order valence-corrected chi connectivity index (χ4v) is 3.60. The van der Waals surface area contributed by atoms with Crippen molar-refractivity contribution in [3.05, 3.63) is 0 Å². The first-order chi connectivity index (χ1) is 8.16. The fourth-order valence-electron chi connectivity index (χ4n) is 3.60. The molecule has 6 fully saturated rings. The van der Waals surface area contributed by atoms with Gasteiger partial charge in [-0.1, -0.05) is 0 Å². The molecule has 5 heterocycles. The Kier molecular flexibility index (Phi) is 1.36. The molecular weight excluding hydrogens is 232 g/mol. The molecular formula is C10H12O7. The lowest BCUT2D eigenvalue weighted by Crippen LogP contribution is -2.83. The monoisotopic (exact) mass is 244 g/mol. The Bertz CT molecular complexity index is 371. The first-order valence-electron chi connectivity index (χ1n) is 5.67. The summed E-state index contributed by atoms with van der Waals surface area (Å²) in [5.74, 6) is -1.54. The maximum atomic E-state index is 10.7. The molecule has 0 amide bonds. The molecule has 2 spiro atoms. The molecule has 0 radical (unpaired) electrons. The van der Waals surface area contributed by atoms with E-state index in [2.05, 4.69) is 0 Å². The van der Waals surface area contributed by atoms with E-state index >= 15 is 0 Å². The van der Waals surface area contributed by atoms with Gasteiger partial charge in [0.25, 0.3) is 6.48 Å². The van der Waals surface area contributed by atoms with Crippen LogP contribution >= 0.6 is 0 Å². The largest absolute Gasteiger partial charge is 0.364 e. The van der Waals surface area contributed by atoms with Crippen LogP contribution in [-0.4, -0.2) is 67.2 Å². The van der Waals surface area contributed by atoms with Crippen LogP contribution in [0.4, 0.5) is 0 Å². The van der Waals surface area contributed by atoms with Crippen molar-refractivity contribution in [1.29, 1.82) is 0 Å². The van der Waals surface area contributed by atoms with Crippen LogP contribution in [0.25, 0.3) is 0 Å². The highest BCUT2D eigenvalue weighted by Crippen LogP contribution is 2.64. The number of hydrogen-bond acceptors (Lipinski definition) is 7. The number of hydrogen-bond donors (Lipinski definition) is 1. The maximum Gasteiger partial charge on any atom is 0.273 e. The summed E-state index contributed by atoms with van der Waals surface area (Å²) in [7, 11) is 1.43. The van der Waals surface area contributed by atoms with Gasteiger partial charge in [-0.25, -0.2) is 0 Å². The van der Waals surface area contributed by atoms with Crippen molar-refractivity contribution in [1.82, 2.24) is 0 Å². The van der Waals surface area contributed by atoms with Gasteiger partial charge in [0.05, 0.1) is 13.2 Å². The highest BCUT2D eigenvalue weighted by molar-refractivity contribution is 5.31. The molecule has 0 aromatic heterocycles. The highest BCUT2D eigenvalue weighted by atomic mass is 16.9. The third kappa shape index (κ3) is 0.803. The minimum Gasteiger partial charge on any atom is -0.364 e. The lowest BCUT2D eigenvalue weighted by molar-refractivity contribution is -0.525. The average molecular weight is 244 g/mol. The Hall–Kier alpha value is -0.280. The van der Waals surface area contributed by atoms with Crippen molar-refractivity contribution in [2.45, 2.75) is 41.8 Å². The van der Waals surface area contributed by atoms with Crippen LogP contribution < -0.4 is 0 Å². The summed E-state index contributed by atoms with van der Waals surface area (Å²) in [6.07, 6.45) is -1.41. The third-order valence-electron chi connectivity index (χ3n) is 4.55. The minimum atomic E-state index is -1.54. The summed E-state index contributed by atoms with van der Waals surface area (Å²) in [6, 6.07) is 0. The van der Waals surface area contributed by atoms with Crippen LogP contribution in [0.15, 0.2) is 0 Å². The summed E-state index contributed by atoms with van der Waals surface area (Å²) in [5, 5.41) is 10.7. The van der Waals surface area contributed by atoms with Crippen molar-refractivity contribution in [3.63, 3.8) is 0 Å². The lowest BCUT2D eigenvalue weighted by atomic mass is 9.69. The summed E-state index contributed by atoms with van der Waals surface area (Å²) in [4.78, 5) is 0. The van der Waals surface area contributed by atoms with Gasteiger partial charge in [-0.05, 0) is 0 Å². The Morgan fingerprint density at radius 3 is 1.88 bits per heavy atom. The van der Waals surface area contributed by atoms with Gasteiger partial charge in [0, 0.05) is 7.11 Å². The van der Waals surface area contributed by atoms with Crippen molar-refractivity contribution in [2.75, 3.05) is 20.3 Å². The van der Waals surface area contributed by atoms with E-state index in [-0.39, 0.29) is 6.10 Å². The zero-order chi connectivity index (χ0) is 11.5.